The van der Waals surface area contributed by atoms with Gasteiger partial charge in [0.05, 0.1) is 7.11 Å². The first-order valence-corrected chi connectivity index (χ1v) is 7.76. The Morgan fingerprint density at radius 3 is 2.60 bits per heavy atom. The summed E-state index contributed by atoms with van der Waals surface area (Å²) in [7, 11) is -2.20. The van der Waals surface area contributed by atoms with Crippen molar-refractivity contribution < 1.29 is 13.2 Å². The summed E-state index contributed by atoms with van der Waals surface area (Å²) in [6.45, 7) is 0.168. The summed E-state index contributed by atoms with van der Waals surface area (Å²) < 4.78 is 32.1. The Bertz CT molecular complexity index is 701. The van der Waals surface area contributed by atoms with Crippen LogP contribution in [0.15, 0.2) is 53.4 Å². The van der Waals surface area contributed by atoms with Gasteiger partial charge in [-0.3, -0.25) is 0 Å². The highest BCUT2D eigenvalue weighted by molar-refractivity contribution is 7.89. The molecule has 0 spiro atoms. The first-order chi connectivity index (χ1) is 9.53. The molecule has 2 aromatic carbocycles. The second-order valence-corrected chi connectivity index (χ2v) is 6.28. The van der Waals surface area contributed by atoms with Gasteiger partial charge in [-0.1, -0.05) is 35.9 Å². The molecular formula is C14H14ClNO3S. The van der Waals surface area contributed by atoms with E-state index < -0.39 is 10.0 Å². The van der Waals surface area contributed by atoms with Gasteiger partial charge in [-0.05, 0) is 29.8 Å². The zero-order chi connectivity index (χ0) is 14.6. The zero-order valence-corrected chi connectivity index (χ0v) is 12.4. The molecule has 0 saturated carbocycles. The fourth-order valence-electron chi connectivity index (χ4n) is 1.74. The number of nitrogens with one attached hydrogen (secondary N) is 1. The molecule has 1 N–H and O–H groups in total. The lowest BCUT2D eigenvalue weighted by Gasteiger charge is -2.10. The molecule has 0 aromatic heterocycles. The van der Waals surface area contributed by atoms with Crippen LogP contribution in [0.1, 0.15) is 5.56 Å². The maximum atomic E-state index is 12.2. The van der Waals surface area contributed by atoms with Crippen LogP contribution in [-0.2, 0) is 16.6 Å². The second-order valence-electron chi connectivity index (χ2n) is 4.11. The van der Waals surface area contributed by atoms with Crippen molar-refractivity contribution in [3.05, 3.63) is 59.1 Å². The van der Waals surface area contributed by atoms with Crippen LogP contribution in [0.2, 0.25) is 5.02 Å². The van der Waals surface area contributed by atoms with Crippen molar-refractivity contribution in [3.8, 4) is 5.75 Å². The summed E-state index contributed by atoms with van der Waals surface area (Å²) >= 11 is 5.86. The largest absolute Gasteiger partial charge is 0.495 e. The van der Waals surface area contributed by atoms with E-state index >= 15 is 0 Å². The highest BCUT2D eigenvalue weighted by Crippen LogP contribution is 2.22. The topological polar surface area (TPSA) is 55.4 Å². The van der Waals surface area contributed by atoms with Gasteiger partial charge < -0.3 is 4.74 Å². The number of sulfonamides is 1. The van der Waals surface area contributed by atoms with E-state index in [2.05, 4.69) is 4.72 Å². The first kappa shape index (κ1) is 14.8. The fourth-order valence-corrected chi connectivity index (χ4v) is 3.14. The van der Waals surface area contributed by atoms with E-state index in [4.69, 9.17) is 16.3 Å². The maximum Gasteiger partial charge on any atom is 0.244 e. The molecule has 2 aromatic rings. The van der Waals surface area contributed by atoms with E-state index in [1.54, 1.807) is 42.5 Å². The highest BCUT2D eigenvalue weighted by atomic mass is 35.5. The van der Waals surface area contributed by atoms with Crippen LogP contribution in [-0.4, -0.2) is 15.5 Å². The monoisotopic (exact) mass is 311 g/mol. The van der Waals surface area contributed by atoms with Crippen LogP contribution in [0.4, 0.5) is 0 Å². The van der Waals surface area contributed by atoms with Crippen LogP contribution in [0, 0.1) is 0 Å². The Labute approximate surface area is 123 Å². The number of hydrogen-bond acceptors (Lipinski definition) is 3. The molecule has 2 rings (SSSR count). The third-order valence-corrected chi connectivity index (χ3v) is 4.39. The van der Waals surface area contributed by atoms with Gasteiger partial charge in [0.25, 0.3) is 0 Å². The molecule has 0 unspecified atom stereocenters. The van der Waals surface area contributed by atoms with E-state index in [0.717, 1.165) is 5.56 Å². The molecular weight excluding hydrogens is 298 g/mol. The number of halogens is 1. The molecule has 0 aliphatic rings. The number of benzene rings is 2. The molecule has 6 heteroatoms. The molecule has 0 aliphatic heterocycles. The molecule has 106 valence electrons. The summed E-state index contributed by atoms with van der Waals surface area (Å²) in [5, 5.41) is 0.569. The third kappa shape index (κ3) is 3.50. The van der Waals surface area contributed by atoms with Crippen LogP contribution in [0.5, 0.6) is 5.75 Å². The molecule has 20 heavy (non-hydrogen) atoms. The Balaban J connectivity index is 2.19. The molecule has 0 aliphatic carbocycles. The van der Waals surface area contributed by atoms with Crippen LogP contribution < -0.4 is 9.46 Å². The number of hydrogen-bond donors (Lipinski definition) is 1. The van der Waals surface area contributed by atoms with Crippen molar-refractivity contribution in [3.63, 3.8) is 0 Å². The maximum absolute atomic E-state index is 12.2. The minimum Gasteiger partial charge on any atom is -0.495 e. The van der Waals surface area contributed by atoms with Crippen molar-refractivity contribution in [2.24, 2.45) is 0 Å². The fraction of sp³-hybridized carbons (Fsp3) is 0.143. The van der Waals surface area contributed by atoms with Crippen molar-refractivity contribution >= 4 is 21.6 Å². The van der Waals surface area contributed by atoms with Crippen molar-refractivity contribution in [1.29, 1.82) is 0 Å². The summed E-state index contributed by atoms with van der Waals surface area (Å²) in [6, 6.07) is 13.5. The molecule has 4 nitrogen and oxygen atoms in total. The zero-order valence-electron chi connectivity index (χ0n) is 10.8. The van der Waals surface area contributed by atoms with Gasteiger partial charge in [0.15, 0.2) is 0 Å². The second kappa shape index (κ2) is 6.26. The van der Waals surface area contributed by atoms with Crippen LogP contribution >= 0.6 is 11.6 Å². The lowest BCUT2D eigenvalue weighted by molar-refractivity contribution is 0.402. The molecule has 0 saturated heterocycles. The smallest absolute Gasteiger partial charge is 0.244 e. The summed E-state index contributed by atoms with van der Waals surface area (Å²) in [4.78, 5) is 0.115. The molecule has 0 amide bonds. The number of para-hydroxylation sites is 1. The van der Waals surface area contributed by atoms with Gasteiger partial charge in [-0.25, -0.2) is 13.1 Å². The molecule has 0 bridgehead atoms. The Kier molecular flexibility index (Phi) is 4.65. The van der Waals surface area contributed by atoms with Gasteiger partial charge >= 0.3 is 0 Å². The van der Waals surface area contributed by atoms with Crippen LogP contribution in [0.25, 0.3) is 0 Å². The SMILES string of the molecule is COc1ccccc1S(=O)(=O)NCc1cccc(Cl)c1. The standard InChI is InChI=1S/C14H14ClNO3S/c1-19-13-7-2-3-8-14(13)20(17,18)16-10-11-5-4-6-12(15)9-11/h2-9,16H,10H2,1H3. The van der Waals surface area contributed by atoms with Gasteiger partial charge in [0.2, 0.25) is 10.0 Å². The lowest BCUT2D eigenvalue weighted by atomic mass is 10.2. The van der Waals surface area contributed by atoms with Crippen molar-refractivity contribution in [2.75, 3.05) is 7.11 Å². The molecule has 0 fully saturated rings. The summed E-state index contributed by atoms with van der Waals surface area (Å²) in [5.41, 5.74) is 0.788. The average molecular weight is 312 g/mol. The van der Waals surface area contributed by atoms with Crippen molar-refractivity contribution in [2.45, 2.75) is 11.4 Å². The average Bonchev–Trinajstić information content (AvgIpc) is 2.45. The van der Waals surface area contributed by atoms with Gasteiger partial charge in [0, 0.05) is 11.6 Å². The van der Waals surface area contributed by atoms with E-state index in [-0.39, 0.29) is 11.4 Å². The minimum absolute atomic E-state index is 0.115. The third-order valence-electron chi connectivity index (χ3n) is 2.71. The molecule has 0 heterocycles. The minimum atomic E-state index is -3.63. The van der Waals surface area contributed by atoms with E-state index in [1.807, 2.05) is 0 Å². The first-order valence-electron chi connectivity index (χ1n) is 5.90. The predicted octanol–water partition coefficient (Wildman–Crippen LogP) is 2.83. The predicted molar refractivity (Wildman–Crippen MR) is 78.5 cm³/mol. The normalized spacial score (nSPS) is 11.3. The van der Waals surface area contributed by atoms with Crippen LogP contribution in [0.3, 0.4) is 0 Å². The van der Waals surface area contributed by atoms with E-state index in [1.165, 1.54) is 13.2 Å². The quantitative estimate of drug-likeness (QED) is 0.924. The number of methoxy groups -OCH3 is 1. The Hall–Kier alpha value is -1.56. The summed E-state index contributed by atoms with van der Waals surface area (Å²) in [6.07, 6.45) is 0. The van der Waals surface area contributed by atoms with E-state index in [9.17, 15) is 8.42 Å². The van der Waals surface area contributed by atoms with Crippen molar-refractivity contribution in [1.82, 2.24) is 4.72 Å². The highest BCUT2D eigenvalue weighted by Gasteiger charge is 2.18. The number of rotatable bonds is 5. The van der Waals surface area contributed by atoms with E-state index in [0.29, 0.717) is 10.8 Å². The van der Waals surface area contributed by atoms with Gasteiger partial charge in [0.1, 0.15) is 10.6 Å². The lowest BCUT2D eigenvalue weighted by Crippen LogP contribution is -2.23. The van der Waals surface area contributed by atoms with Gasteiger partial charge in [-0.15, -0.1) is 0 Å². The summed E-state index contributed by atoms with van der Waals surface area (Å²) in [5.74, 6) is 0.311. The molecule has 0 radical (unpaired) electrons. The Morgan fingerprint density at radius 1 is 1.15 bits per heavy atom. The van der Waals surface area contributed by atoms with Gasteiger partial charge in [-0.2, -0.15) is 0 Å². The molecule has 0 atom stereocenters. The number of ether oxygens (including phenoxy) is 1. The Morgan fingerprint density at radius 2 is 1.90 bits per heavy atom.